The van der Waals surface area contributed by atoms with E-state index in [9.17, 15) is 10.2 Å². The van der Waals surface area contributed by atoms with Crippen molar-refractivity contribution in [3.8, 4) is 11.5 Å². The molecule has 0 aliphatic rings. The SMILES string of the molecule is CCC(C)(O)CNCC(O)COc1ccc(OC)cc1. The molecular weight excluding hydrogens is 258 g/mol. The second kappa shape index (κ2) is 8.09. The van der Waals surface area contributed by atoms with Crippen molar-refractivity contribution in [3.05, 3.63) is 24.3 Å². The van der Waals surface area contributed by atoms with Gasteiger partial charge in [-0.25, -0.2) is 0 Å². The molecule has 0 bridgehead atoms. The molecule has 1 aromatic carbocycles. The Morgan fingerprint density at radius 3 is 2.40 bits per heavy atom. The van der Waals surface area contributed by atoms with E-state index in [1.54, 1.807) is 38.3 Å². The molecule has 0 heterocycles. The van der Waals surface area contributed by atoms with Gasteiger partial charge in [0, 0.05) is 13.1 Å². The summed E-state index contributed by atoms with van der Waals surface area (Å²) in [4.78, 5) is 0. The van der Waals surface area contributed by atoms with Crippen molar-refractivity contribution in [1.82, 2.24) is 5.32 Å². The monoisotopic (exact) mass is 283 g/mol. The van der Waals surface area contributed by atoms with Crippen LogP contribution in [0.25, 0.3) is 0 Å². The predicted octanol–water partition coefficient (Wildman–Crippen LogP) is 1.19. The van der Waals surface area contributed by atoms with E-state index in [1.165, 1.54) is 0 Å². The Morgan fingerprint density at radius 1 is 1.25 bits per heavy atom. The maximum atomic E-state index is 9.81. The zero-order chi connectivity index (χ0) is 15.0. The van der Waals surface area contributed by atoms with Gasteiger partial charge < -0.3 is 25.0 Å². The summed E-state index contributed by atoms with van der Waals surface area (Å²) in [6, 6.07) is 7.19. The fraction of sp³-hybridized carbons (Fsp3) is 0.600. The van der Waals surface area contributed by atoms with Crippen molar-refractivity contribution in [1.29, 1.82) is 0 Å². The highest BCUT2D eigenvalue weighted by atomic mass is 16.5. The lowest BCUT2D eigenvalue weighted by Gasteiger charge is -2.22. The fourth-order valence-corrected chi connectivity index (χ4v) is 1.56. The number of ether oxygens (including phenoxy) is 2. The largest absolute Gasteiger partial charge is 0.497 e. The van der Waals surface area contributed by atoms with Crippen molar-refractivity contribution >= 4 is 0 Å². The normalized spacial score (nSPS) is 15.4. The summed E-state index contributed by atoms with van der Waals surface area (Å²) in [5.74, 6) is 1.45. The number of nitrogens with one attached hydrogen (secondary N) is 1. The van der Waals surface area contributed by atoms with Crippen LogP contribution in [-0.2, 0) is 0 Å². The summed E-state index contributed by atoms with van der Waals surface area (Å²) in [6.45, 7) is 4.72. The quantitative estimate of drug-likeness (QED) is 0.635. The van der Waals surface area contributed by atoms with Gasteiger partial charge in [-0.1, -0.05) is 6.92 Å². The molecule has 2 unspecified atom stereocenters. The van der Waals surface area contributed by atoms with Crippen LogP contribution in [0.2, 0.25) is 0 Å². The first-order chi connectivity index (χ1) is 9.46. The molecule has 2 atom stereocenters. The lowest BCUT2D eigenvalue weighted by Crippen LogP contribution is -2.41. The highest BCUT2D eigenvalue weighted by molar-refractivity contribution is 5.31. The first-order valence-corrected chi connectivity index (χ1v) is 6.85. The molecule has 3 N–H and O–H groups in total. The van der Waals surface area contributed by atoms with Crippen LogP contribution in [0.15, 0.2) is 24.3 Å². The van der Waals surface area contributed by atoms with Gasteiger partial charge in [-0.3, -0.25) is 0 Å². The maximum Gasteiger partial charge on any atom is 0.119 e. The van der Waals surface area contributed by atoms with Crippen LogP contribution in [0, 0.1) is 0 Å². The second-order valence-electron chi connectivity index (χ2n) is 5.12. The summed E-state index contributed by atoms with van der Waals surface area (Å²) in [7, 11) is 1.61. The first kappa shape index (κ1) is 16.8. The third kappa shape index (κ3) is 6.23. The summed E-state index contributed by atoms with van der Waals surface area (Å²) >= 11 is 0. The van der Waals surface area contributed by atoms with Crippen LogP contribution in [-0.4, -0.2) is 48.7 Å². The van der Waals surface area contributed by atoms with Gasteiger partial charge in [-0.05, 0) is 37.6 Å². The molecule has 0 amide bonds. The molecule has 0 saturated carbocycles. The van der Waals surface area contributed by atoms with E-state index in [4.69, 9.17) is 9.47 Å². The Morgan fingerprint density at radius 2 is 1.85 bits per heavy atom. The highest BCUT2D eigenvalue weighted by Gasteiger charge is 2.17. The molecule has 0 aliphatic heterocycles. The van der Waals surface area contributed by atoms with E-state index >= 15 is 0 Å². The molecule has 0 fully saturated rings. The Bertz CT molecular complexity index is 378. The Kier molecular flexibility index (Phi) is 6.78. The minimum atomic E-state index is -0.740. The van der Waals surface area contributed by atoms with Gasteiger partial charge in [0.1, 0.15) is 24.2 Å². The van der Waals surface area contributed by atoms with E-state index < -0.39 is 11.7 Å². The molecule has 20 heavy (non-hydrogen) atoms. The molecule has 114 valence electrons. The standard InChI is InChI=1S/C15H25NO4/c1-4-15(2,18)11-16-9-12(17)10-20-14-7-5-13(19-3)6-8-14/h5-8,12,16-18H,4,9-11H2,1-3H3. The second-order valence-corrected chi connectivity index (χ2v) is 5.12. The number of methoxy groups -OCH3 is 1. The van der Waals surface area contributed by atoms with E-state index in [2.05, 4.69) is 5.32 Å². The van der Waals surface area contributed by atoms with Crippen LogP contribution in [0.3, 0.4) is 0 Å². The van der Waals surface area contributed by atoms with Crippen LogP contribution in [0.5, 0.6) is 11.5 Å². The lowest BCUT2D eigenvalue weighted by molar-refractivity contribution is 0.0476. The van der Waals surface area contributed by atoms with Crippen molar-refractivity contribution in [2.75, 3.05) is 26.8 Å². The minimum absolute atomic E-state index is 0.202. The summed E-state index contributed by atoms with van der Waals surface area (Å²) in [5, 5.41) is 22.6. The molecule has 0 aromatic heterocycles. The van der Waals surface area contributed by atoms with Gasteiger partial charge in [0.05, 0.1) is 12.7 Å². The van der Waals surface area contributed by atoms with Gasteiger partial charge in [0.15, 0.2) is 0 Å². The summed E-state index contributed by atoms with van der Waals surface area (Å²) < 4.78 is 10.5. The van der Waals surface area contributed by atoms with Crippen LogP contribution in [0.4, 0.5) is 0 Å². The third-order valence-corrected chi connectivity index (χ3v) is 3.15. The maximum absolute atomic E-state index is 9.81. The zero-order valence-corrected chi connectivity index (χ0v) is 12.4. The number of aliphatic hydroxyl groups is 2. The van der Waals surface area contributed by atoms with Crippen molar-refractivity contribution in [3.63, 3.8) is 0 Å². The predicted molar refractivity (Wildman–Crippen MR) is 78.3 cm³/mol. The molecule has 1 aromatic rings. The van der Waals surface area contributed by atoms with Crippen LogP contribution < -0.4 is 14.8 Å². The number of aliphatic hydroxyl groups excluding tert-OH is 1. The van der Waals surface area contributed by atoms with Crippen LogP contribution in [0.1, 0.15) is 20.3 Å². The molecule has 5 nitrogen and oxygen atoms in total. The van der Waals surface area contributed by atoms with Gasteiger partial charge in [-0.15, -0.1) is 0 Å². The van der Waals surface area contributed by atoms with Crippen molar-refractivity contribution in [2.45, 2.75) is 32.0 Å². The van der Waals surface area contributed by atoms with E-state index in [0.717, 1.165) is 5.75 Å². The van der Waals surface area contributed by atoms with Gasteiger partial charge in [0.2, 0.25) is 0 Å². The average molecular weight is 283 g/mol. The van der Waals surface area contributed by atoms with Crippen molar-refractivity contribution in [2.24, 2.45) is 0 Å². The van der Waals surface area contributed by atoms with Gasteiger partial charge in [-0.2, -0.15) is 0 Å². The minimum Gasteiger partial charge on any atom is -0.497 e. The Labute approximate surface area is 120 Å². The highest BCUT2D eigenvalue weighted by Crippen LogP contribution is 2.17. The Hall–Kier alpha value is -1.30. The van der Waals surface area contributed by atoms with Gasteiger partial charge >= 0.3 is 0 Å². The number of hydrogen-bond acceptors (Lipinski definition) is 5. The topological polar surface area (TPSA) is 71.0 Å². The zero-order valence-electron chi connectivity index (χ0n) is 12.4. The summed E-state index contributed by atoms with van der Waals surface area (Å²) in [6.07, 6.45) is 0.0445. The molecule has 5 heteroatoms. The number of rotatable bonds is 9. The third-order valence-electron chi connectivity index (χ3n) is 3.15. The van der Waals surface area contributed by atoms with Crippen LogP contribution >= 0.6 is 0 Å². The number of benzene rings is 1. The molecule has 0 aliphatic carbocycles. The van der Waals surface area contributed by atoms with E-state index in [1.807, 2.05) is 6.92 Å². The molecular formula is C15H25NO4. The molecule has 1 rings (SSSR count). The molecule has 0 saturated heterocycles. The van der Waals surface area contributed by atoms with E-state index in [0.29, 0.717) is 25.3 Å². The lowest BCUT2D eigenvalue weighted by atomic mass is 10.0. The van der Waals surface area contributed by atoms with Gasteiger partial charge in [0.25, 0.3) is 0 Å². The molecule has 0 spiro atoms. The average Bonchev–Trinajstić information content (AvgIpc) is 2.45. The molecule has 0 radical (unpaired) electrons. The number of hydrogen-bond donors (Lipinski definition) is 3. The Balaban J connectivity index is 2.23. The van der Waals surface area contributed by atoms with Crippen molar-refractivity contribution < 1.29 is 19.7 Å². The smallest absolute Gasteiger partial charge is 0.119 e. The summed E-state index contributed by atoms with van der Waals surface area (Å²) in [5.41, 5.74) is -0.740. The first-order valence-electron chi connectivity index (χ1n) is 6.85. The fourth-order valence-electron chi connectivity index (χ4n) is 1.56. The van der Waals surface area contributed by atoms with E-state index in [-0.39, 0.29) is 6.61 Å².